The lowest BCUT2D eigenvalue weighted by Crippen LogP contribution is -2.54. The fraction of sp³-hybridized carbons (Fsp3) is 0.286. The van der Waals surface area contributed by atoms with Gasteiger partial charge in [0.1, 0.15) is 0 Å². The van der Waals surface area contributed by atoms with Crippen LogP contribution in [0.5, 0.6) is 0 Å². The molecular formula is C28H33N3O2. The molecule has 172 valence electrons. The van der Waals surface area contributed by atoms with Crippen LogP contribution >= 0.6 is 0 Å². The molecule has 3 rings (SSSR count). The summed E-state index contributed by atoms with van der Waals surface area (Å²) >= 11 is 0. The first-order valence-electron chi connectivity index (χ1n) is 11.3. The second-order valence-electron chi connectivity index (χ2n) is 8.30. The number of benzene rings is 2. The van der Waals surface area contributed by atoms with E-state index in [9.17, 15) is 9.59 Å². The van der Waals surface area contributed by atoms with E-state index in [1.807, 2.05) is 38.1 Å². The topological polar surface area (TPSA) is 43.9 Å². The Balaban J connectivity index is 1.69. The van der Waals surface area contributed by atoms with Crippen LogP contribution in [0.3, 0.4) is 0 Å². The molecule has 1 aliphatic rings. The quantitative estimate of drug-likeness (QED) is 0.433. The van der Waals surface area contributed by atoms with Crippen LogP contribution in [0.4, 0.5) is 0 Å². The van der Waals surface area contributed by atoms with Gasteiger partial charge < -0.3 is 0 Å². The van der Waals surface area contributed by atoms with E-state index in [1.54, 1.807) is 30.3 Å². The van der Waals surface area contributed by atoms with Crippen molar-refractivity contribution in [2.75, 3.05) is 33.2 Å². The summed E-state index contributed by atoms with van der Waals surface area (Å²) in [6.45, 7) is 11.9. The summed E-state index contributed by atoms with van der Waals surface area (Å²) in [6, 6.07) is 15.9. The number of hydrogen-bond acceptors (Lipinski definition) is 4. The minimum Gasteiger partial charge on any atom is -0.298 e. The van der Waals surface area contributed by atoms with E-state index in [4.69, 9.17) is 0 Å². The van der Waals surface area contributed by atoms with Crippen LogP contribution in [-0.4, -0.2) is 60.3 Å². The van der Waals surface area contributed by atoms with Crippen molar-refractivity contribution in [3.05, 3.63) is 101 Å². The first-order valence-corrected chi connectivity index (χ1v) is 11.3. The lowest BCUT2D eigenvalue weighted by atomic mass is 9.97. The first-order chi connectivity index (χ1) is 16.0. The van der Waals surface area contributed by atoms with Crippen molar-refractivity contribution in [1.82, 2.24) is 14.9 Å². The van der Waals surface area contributed by atoms with Crippen molar-refractivity contribution in [3.63, 3.8) is 0 Å². The minimum absolute atomic E-state index is 0.167. The second-order valence-corrected chi connectivity index (χ2v) is 8.30. The van der Waals surface area contributed by atoms with Gasteiger partial charge in [-0.15, -0.1) is 0 Å². The zero-order valence-electron chi connectivity index (χ0n) is 19.8. The van der Waals surface area contributed by atoms with E-state index in [0.29, 0.717) is 11.1 Å². The molecule has 5 heteroatoms. The summed E-state index contributed by atoms with van der Waals surface area (Å²) in [6.07, 6.45) is 6.55. The molecule has 0 radical (unpaired) electrons. The van der Waals surface area contributed by atoms with E-state index < -0.39 is 0 Å². The molecule has 1 heterocycles. The molecule has 2 aromatic carbocycles. The number of rotatable bonds is 8. The molecule has 0 aliphatic carbocycles. The number of carbonyl (C=O) groups excluding carboxylic acids is 2. The lowest BCUT2D eigenvalue weighted by molar-refractivity contribution is -0.0240. The van der Waals surface area contributed by atoms with Crippen molar-refractivity contribution < 1.29 is 9.59 Å². The Labute approximate surface area is 197 Å². The molecular weight excluding hydrogens is 410 g/mol. The Morgan fingerprint density at radius 2 is 1.79 bits per heavy atom. The highest BCUT2D eigenvalue weighted by Gasteiger charge is 2.25. The van der Waals surface area contributed by atoms with Gasteiger partial charge in [-0.05, 0) is 42.7 Å². The van der Waals surface area contributed by atoms with Gasteiger partial charge in [0.2, 0.25) is 0 Å². The fourth-order valence-corrected chi connectivity index (χ4v) is 4.01. The molecule has 0 aromatic heterocycles. The number of allylic oxidation sites excluding steroid dienone is 5. The van der Waals surface area contributed by atoms with Gasteiger partial charge in [0.15, 0.2) is 6.29 Å². The maximum absolute atomic E-state index is 13.2. The van der Waals surface area contributed by atoms with E-state index in [1.165, 1.54) is 5.56 Å². The Morgan fingerprint density at radius 3 is 2.39 bits per heavy atom. The third kappa shape index (κ3) is 6.15. The summed E-state index contributed by atoms with van der Waals surface area (Å²) in [7, 11) is 1.78. The number of amides is 1. The molecule has 5 nitrogen and oxygen atoms in total. The molecule has 0 unspecified atom stereocenters. The predicted octanol–water partition coefficient (Wildman–Crippen LogP) is 4.84. The van der Waals surface area contributed by atoms with E-state index in [0.717, 1.165) is 55.7 Å². The minimum atomic E-state index is -0.167. The zero-order chi connectivity index (χ0) is 23.8. The van der Waals surface area contributed by atoms with Gasteiger partial charge in [-0.2, -0.15) is 0 Å². The summed E-state index contributed by atoms with van der Waals surface area (Å²) in [5, 5.41) is 3.71. The second kappa shape index (κ2) is 11.5. The highest BCUT2D eigenvalue weighted by Crippen LogP contribution is 2.22. The van der Waals surface area contributed by atoms with Crippen LogP contribution in [0.2, 0.25) is 0 Å². The highest BCUT2D eigenvalue weighted by atomic mass is 16.2. The van der Waals surface area contributed by atoms with Gasteiger partial charge >= 0.3 is 0 Å². The van der Waals surface area contributed by atoms with Crippen LogP contribution in [0.1, 0.15) is 45.7 Å². The Kier molecular flexibility index (Phi) is 8.52. The van der Waals surface area contributed by atoms with Gasteiger partial charge in [-0.3, -0.25) is 19.5 Å². The van der Waals surface area contributed by atoms with Crippen molar-refractivity contribution in [2.24, 2.45) is 0 Å². The van der Waals surface area contributed by atoms with Crippen molar-refractivity contribution in [1.29, 1.82) is 0 Å². The summed E-state index contributed by atoms with van der Waals surface area (Å²) in [5.41, 5.74) is 5.03. The van der Waals surface area contributed by atoms with Crippen LogP contribution < -0.4 is 0 Å². The van der Waals surface area contributed by atoms with Gasteiger partial charge in [0, 0.05) is 45.3 Å². The van der Waals surface area contributed by atoms with Crippen LogP contribution in [0.25, 0.3) is 5.57 Å². The van der Waals surface area contributed by atoms with Gasteiger partial charge in [-0.1, -0.05) is 66.8 Å². The Morgan fingerprint density at radius 1 is 1.09 bits per heavy atom. The Hall–Kier alpha value is -3.28. The number of hydrogen-bond donors (Lipinski definition) is 0. The number of nitrogens with zero attached hydrogens (tertiary/aromatic N) is 3. The molecule has 1 amide bonds. The van der Waals surface area contributed by atoms with Crippen molar-refractivity contribution in [3.8, 4) is 0 Å². The third-order valence-electron chi connectivity index (χ3n) is 6.07. The van der Waals surface area contributed by atoms with Gasteiger partial charge in [0.05, 0.1) is 5.56 Å². The molecule has 1 saturated heterocycles. The lowest BCUT2D eigenvalue weighted by Gasteiger charge is -2.39. The number of hydrazine groups is 1. The molecule has 33 heavy (non-hydrogen) atoms. The average molecular weight is 444 g/mol. The molecule has 0 atom stereocenters. The van der Waals surface area contributed by atoms with Crippen molar-refractivity contribution >= 4 is 17.8 Å². The van der Waals surface area contributed by atoms with Crippen LogP contribution in [-0.2, 0) is 6.54 Å². The average Bonchev–Trinajstić information content (AvgIpc) is 2.87. The number of carbonyl (C=O) groups is 2. The monoisotopic (exact) mass is 443 g/mol. The van der Waals surface area contributed by atoms with Crippen molar-refractivity contribution in [2.45, 2.75) is 20.4 Å². The van der Waals surface area contributed by atoms with Crippen LogP contribution in [0, 0.1) is 0 Å². The van der Waals surface area contributed by atoms with E-state index >= 15 is 0 Å². The summed E-state index contributed by atoms with van der Waals surface area (Å²) < 4.78 is 0. The highest BCUT2D eigenvalue weighted by molar-refractivity contribution is 6.02. The molecule has 0 saturated carbocycles. The number of piperazine rings is 1. The predicted molar refractivity (Wildman–Crippen MR) is 135 cm³/mol. The molecule has 1 fully saturated rings. The standard InChI is InChI=1S/C28H33N3O2/c1-5-22(3)18-24(6-2)25-12-13-27(26(19-25)21-32)28(33)29(4)31-16-14-30(15-17-31)20-23-10-8-7-9-11-23/h5-13,18-19,21H,1,14-17,20H2,2-4H3/b22-18-,24-6+. The number of aldehydes is 1. The molecule has 2 aromatic rings. The third-order valence-corrected chi connectivity index (χ3v) is 6.07. The molecule has 0 spiro atoms. The summed E-state index contributed by atoms with van der Waals surface area (Å²) in [5.74, 6) is -0.167. The van der Waals surface area contributed by atoms with E-state index in [-0.39, 0.29) is 5.91 Å². The maximum atomic E-state index is 13.2. The molecule has 0 bridgehead atoms. The van der Waals surface area contributed by atoms with Crippen LogP contribution in [0.15, 0.2) is 78.9 Å². The molecule has 0 N–H and O–H groups in total. The normalized spacial score (nSPS) is 15.8. The SMILES string of the molecule is C=C/C(C)=C\C(=C/C)c1ccc(C(=O)N(C)N2CCN(Cc3ccccc3)CC2)c(C=O)c1. The first kappa shape index (κ1) is 24.4. The van der Waals surface area contributed by atoms with Gasteiger partial charge in [0.25, 0.3) is 5.91 Å². The Bertz CT molecular complexity index is 1050. The van der Waals surface area contributed by atoms with Gasteiger partial charge in [-0.25, -0.2) is 5.01 Å². The smallest absolute Gasteiger partial charge is 0.268 e. The fourth-order valence-electron chi connectivity index (χ4n) is 4.01. The molecule has 1 aliphatic heterocycles. The van der Waals surface area contributed by atoms with E-state index in [2.05, 4.69) is 40.8 Å². The maximum Gasteiger partial charge on any atom is 0.268 e. The summed E-state index contributed by atoms with van der Waals surface area (Å²) in [4.78, 5) is 27.5. The zero-order valence-corrected chi connectivity index (χ0v) is 19.8. The largest absolute Gasteiger partial charge is 0.298 e.